The molecule has 0 aromatic heterocycles. The van der Waals surface area contributed by atoms with Crippen LogP contribution in [0, 0.1) is 18.2 Å². The summed E-state index contributed by atoms with van der Waals surface area (Å²) < 4.78 is 13.3. The van der Waals surface area contributed by atoms with Crippen LogP contribution in [0.4, 0.5) is 10.1 Å². The third-order valence-corrected chi connectivity index (χ3v) is 3.13. The molecule has 0 spiro atoms. The number of anilines is 1. The average molecular weight is 253 g/mol. The van der Waals surface area contributed by atoms with Crippen molar-refractivity contribution in [1.29, 1.82) is 0 Å². The zero-order valence-electron chi connectivity index (χ0n) is 11.0. The monoisotopic (exact) mass is 253 g/mol. The fourth-order valence-electron chi connectivity index (χ4n) is 1.57. The Kier molecular flexibility index (Phi) is 4.53. The summed E-state index contributed by atoms with van der Waals surface area (Å²) in [4.78, 5) is 0. The topological polar surface area (TPSA) is 70.6 Å². The zero-order valence-corrected chi connectivity index (χ0v) is 11.0. The highest BCUT2D eigenvalue weighted by atomic mass is 19.1. The molecule has 0 aliphatic carbocycles. The van der Waals surface area contributed by atoms with Crippen LogP contribution < -0.4 is 11.1 Å². The lowest BCUT2D eigenvalue weighted by Crippen LogP contribution is -2.33. The number of hydrogen-bond acceptors (Lipinski definition) is 3. The van der Waals surface area contributed by atoms with Gasteiger partial charge in [0.25, 0.3) is 0 Å². The van der Waals surface area contributed by atoms with Gasteiger partial charge in [-0.3, -0.25) is 0 Å². The van der Waals surface area contributed by atoms with E-state index >= 15 is 0 Å². The summed E-state index contributed by atoms with van der Waals surface area (Å²) in [5.41, 5.74) is 6.56. The summed E-state index contributed by atoms with van der Waals surface area (Å²) in [7, 11) is 0. The van der Waals surface area contributed by atoms with Crippen LogP contribution in [-0.2, 0) is 0 Å². The van der Waals surface area contributed by atoms with Gasteiger partial charge in [-0.05, 0) is 25.5 Å². The SMILES string of the molecule is Cc1c(F)cccc1NCCC(C)(C)C(N)=NO. The molecule has 0 unspecified atom stereocenters. The Labute approximate surface area is 107 Å². The Morgan fingerprint density at radius 2 is 2.17 bits per heavy atom. The lowest BCUT2D eigenvalue weighted by Gasteiger charge is -2.23. The number of benzene rings is 1. The maximum Gasteiger partial charge on any atom is 0.144 e. The molecule has 0 bridgehead atoms. The molecule has 1 rings (SSSR count). The first-order valence-corrected chi connectivity index (χ1v) is 5.85. The molecule has 0 saturated heterocycles. The molecule has 5 heteroatoms. The van der Waals surface area contributed by atoms with E-state index in [-0.39, 0.29) is 11.7 Å². The normalized spacial score (nSPS) is 12.6. The molecule has 0 aliphatic heterocycles. The van der Waals surface area contributed by atoms with Crippen molar-refractivity contribution < 1.29 is 9.60 Å². The average Bonchev–Trinajstić information content (AvgIpc) is 2.33. The summed E-state index contributed by atoms with van der Waals surface area (Å²) in [5, 5.41) is 14.8. The molecule has 0 atom stereocenters. The van der Waals surface area contributed by atoms with Crippen LogP contribution in [0.5, 0.6) is 0 Å². The largest absolute Gasteiger partial charge is 0.409 e. The molecule has 0 amide bonds. The van der Waals surface area contributed by atoms with Crippen molar-refractivity contribution in [2.24, 2.45) is 16.3 Å². The lowest BCUT2D eigenvalue weighted by atomic mass is 9.88. The van der Waals surface area contributed by atoms with Crippen molar-refractivity contribution in [2.75, 3.05) is 11.9 Å². The van der Waals surface area contributed by atoms with Gasteiger partial charge in [-0.25, -0.2) is 4.39 Å². The molecule has 0 saturated carbocycles. The van der Waals surface area contributed by atoms with Crippen LogP contribution in [-0.4, -0.2) is 17.6 Å². The molecule has 18 heavy (non-hydrogen) atoms. The Balaban J connectivity index is 2.60. The van der Waals surface area contributed by atoms with Gasteiger partial charge in [0.1, 0.15) is 11.7 Å². The first kappa shape index (κ1) is 14.3. The van der Waals surface area contributed by atoms with Gasteiger partial charge in [-0.1, -0.05) is 25.1 Å². The van der Waals surface area contributed by atoms with Gasteiger partial charge in [0.15, 0.2) is 0 Å². The maximum absolute atomic E-state index is 13.3. The number of rotatable bonds is 5. The van der Waals surface area contributed by atoms with Gasteiger partial charge in [0.05, 0.1) is 0 Å². The molecule has 0 radical (unpaired) electrons. The van der Waals surface area contributed by atoms with Crippen LogP contribution >= 0.6 is 0 Å². The van der Waals surface area contributed by atoms with E-state index < -0.39 is 5.41 Å². The predicted molar refractivity (Wildman–Crippen MR) is 71.4 cm³/mol. The highest BCUT2D eigenvalue weighted by Gasteiger charge is 2.23. The maximum atomic E-state index is 13.3. The third kappa shape index (κ3) is 3.35. The molecular formula is C13H20FN3O. The Morgan fingerprint density at radius 1 is 1.50 bits per heavy atom. The first-order chi connectivity index (χ1) is 8.38. The van der Waals surface area contributed by atoms with Gasteiger partial charge in [0, 0.05) is 23.2 Å². The smallest absolute Gasteiger partial charge is 0.144 e. The minimum Gasteiger partial charge on any atom is -0.409 e. The molecule has 0 heterocycles. The van der Waals surface area contributed by atoms with Crippen LogP contribution in [0.15, 0.2) is 23.4 Å². The Bertz CT molecular complexity index is 444. The van der Waals surface area contributed by atoms with Crippen LogP contribution in [0.1, 0.15) is 25.8 Å². The molecule has 4 N–H and O–H groups in total. The van der Waals surface area contributed by atoms with Gasteiger partial charge in [-0.2, -0.15) is 0 Å². The number of halogens is 1. The third-order valence-electron chi connectivity index (χ3n) is 3.13. The summed E-state index contributed by atoms with van der Waals surface area (Å²) in [6.07, 6.45) is 0.679. The minimum atomic E-state index is -0.400. The van der Waals surface area contributed by atoms with Crippen molar-refractivity contribution in [3.63, 3.8) is 0 Å². The van der Waals surface area contributed by atoms with Gasteiger partial charge in [-0.15, -0.1) is 0 Å². The van der Waals surface area contributed by atoms with E-state index in [0.29, 0.717) is 18.5 Å². The summed E-state index contributed by atoms with van der Waals surface area (Å²) in [5.74, 6) is -0.0315. The van der Waals surface area contributed by atoms with Gasteiger partial charge in [0.2, 0.25) is 0 Å². The van der Waals surface area contributed by atoms with E-state index in [4.69, 9.17) is 10.9 Å². The van der Waals surface area contributed by atoms with Crippen molar-refractivity contribution in [1.82, 2.24) is 0 Å². The quantitative estimate of drug-likeness (QED) is 0.327. The lowest BCUT2D eigenvalue weighted by molar-refractivity contribution is 0.306. The second-order valence-corrected chi connectivity index (χ2v) is 4.96. The minimum absolute atomic E-state index is 0.195. The van der Waals surface area contributed by atoms with Crippen LogP contribution in [0.2, 0.25) is 0 Å². The highest BCUT2D eigenvalue weighted by molar-refractivity contribution is 5.85. The highest BCUT2D eigenvalue weighted by Crippen LogP contribution is 2.22. The molecule has 0 fully saturated rings. The van der Waals surface area contributed by atoms with E-state index in [1.165, 1.54) is 6.07 Å². The Morgan fingerprint density at radius 3 is 2.78 bits per heavy atom. The number of amidine groups is 1. The van der Waals surface area contributed by atoms with Crippen molar-refractivity contribution in [3.05, 3.63) is 29.6 Å². The zero-order chi connectivity index (χ0) is 13.8. The van der Waals surface area contributed by atoms with Crippen LogP contribution in [0.3, 0.4) is 0 Å². The molecular weight excluding hydrogens is 233 g/mol. The fourth-order valence-corrected chi connectivity index (χ4v) is 1.57. The van der Waals surface area contributed by atoms with E-state index in [1.807, 2.05) is 19.9 Å². The standard InChI is InChI=1S/C13H20FN3O/c1-9-10(14)5-4-6-11(9)16-8-7-13(2,3)12(15)17-18/h4-6,16,18H,7-8H2,1-3H3,(H2,15,17). The number of hydrogen-bond donors (Lipinski definition) is 3. The van der Waals surface area contributed by atoms with E-state index in [2.05, 4.69) is 10.5 Å². The molecule has 1 aromatic rings. The number of nitrogens with two attached hydrogens (primary N) is 1. The fraction of sp³-hybridized carbons (Fsp3) is 0.462. The van der Waals surface area contributed by atoms with E-state index in [0.717, 1.165) is 5.69 Å². The predicted octanol–water partition coefficient (Wildman–Crippen LogP) is 2.71. The number of nitrogens with zero attached hydrogens (tertiary/aromatic N) is 1. The van der Waals surface area contributed by atoms with Gasteiger partial charge < -0.3 is 16.3 Å². The second-order valence-electron chi connectivity index (χ2n) is 4.96. The van der Waals surface area contributed by atoms with E-state index in [9.17, 15) is 4.39 Å². The van der Waals surface area contributed by atoms with Crippen molar-refractivity contribution in [2.45, 2.75) is 27.2 Å². The number of nitrogens with one attached hydrogen (secondary N) is 1. The summed E-state index contributed by atoms with van der Waals surface area (Å²) >= 11 is 0. The van der Waals surface area contributed by atoms with Crippen molar-refractivity contribution in [3.8, 4) is 0 Å². The molecule has 4 nitrogen and oxygen atoms in total. The summed E-state index contributed by atoms with van der Waals surface area (Å²) in [6.45, 7) is 6.13. The van der Waals surface area contributed by atoms with Gasteiger partial charge >= 0.3 is 0 Å². The summed E-state index contributed by atoms with van der Waals surface area (Å²) in [6, 6.07) is 4.93. The molecule has 1 aromatic carbocycles. The first-order valence-electron chi connectivity index (χ1n) is 5.85. The number of oxime groups is 1. The second kappa shape index (κ2) is 5.71. The van der Waals surface area contributed by atoms with E-state index in [1.54, 1.807) is 13.0 Å². The van der Waals surface area contributed by atoms with Crippen molar-refractivity contribution >= 4 is 11.5 Å². The Hall–Kier alpha value is -1.78. The molecule has 0 aliphatic rings. The molecule has 100 valence electrons. The van der Waals surface area contributed by atoms with Crippen LogP contribution in [0.25, 0.3) is 0 Å².